The number of anilines is 1. The number of hydrogen-bond acceptors (Lipinski definition) is 5. The van der Waals surface area contributed by atoms with Gasteiger partial charge in [-0.05, 0) is 63.1 Å². The standard InChI is InChI=1S/C27H29N5O4/c1-17(2)30-27(35)29-15-20-10-12-21(13-11-20)26(34)36-16-24(33)31-25-23(14-28)18(3)19(4)32(25)22-8-6-5-7-9-22/h5-13,17H,15-16H2,1-4H3,(H,31,33)(H2,29,30,35). The third kappa shape index (κ3) is 6.30. The van der Waals surface area contributed by atoms with Crippen molar-refractivity contribution in [2.75, 3.05) is 11.9 Å². The Hall–Kier alpha value is -4.58. The van der Waals surface area contributed by atoms with Gasteiger partial charge in [0.1, 0.15) is 11.9 Å². The SMILES string of the molecule is Cc1c(C#N)c(NC(=O)COC(=O)c2ccc(CNC(=O)NC(C)C)cc2)n(-c2ccccc2)c1C. The molecule has 0 bridgehead atoms. The minimum Gasteiger partial charge on any atom is -0.452 e. The molecule has 1 aromatic heterocycles. The minimum absolute atomic E-state index is 0.0292. The summed E-state index contributed by atoms with van der Waals surface area (Å²) in [6.07, 6.45) is 0. The van der Waals surface area contributed by atoms with Gasteiger partial charge >= 0.3 is 12.0 Å². The van der Waals surface area contributed by atoms with Gasteiger partial charge in [-0.2, -0.15) is 5.26 Å². The quantitative estimate of drug-likeness (QED) is 0.415. The van der Waals surface area contributed by atoms with Crippen molar-refractivity contribution in [1.29, 1.82) is 5.26 Å². The molecule has 0 saturated heterocycles. The zero-order chi connectivity index (χ0) is 26.2. The summed E-state index contributed by atoms with van der Waals surface area (Å²) in [6.45, 7) is 7.21. The molecule has 0 fully saturated rings. The minimum atomic E-state index is -0.659. The van der Waals surface area contributed by atoms with Crippen molar-refractivity contribution in [2.24, 2.45) is 0 Å². The molecular formula is C27H29N5O4. The molecule has 36 heavy (non-hydrogen) atoms. The number of urea groups is 1. The predicted octanol–water partition coefficient (Wildman–Crippen LogP) is 3.97. The summed E-state index contributed by atoms with van der Waals surface area (Å²) in [5, 5.41) is 17.9. The highest BCUT2D eigenvalue weighted by atomic mass is 16.5. The number of carbonyl (C=O) groups excluding carboxylic acids is 3. The van der Waals surface area contributed by atoms with Crippen LogP contribution in [-0.4, -0.2) is 35.1 Å². The maximum Gasteiger partial charge on any atom is 0.338 e. The first-order valence-corrected chi connectivity index (χ1v) is 11.5. The largest absolute Gasteiger partial charge is 0.452 e. The van der Waals surface area contributed by atoms with Crippen LogP contribution >= 0.6 is 0 Å². The molecule has 0 aliphatic carbocycles. The first-order chi connectivity index (χ1) is 17.2. The number of benzene rings is 2. The van der Waals surface area contributed by atoms with Crippen LogP contribution in [-0.2, 0) is 16.1 Å². The van der Waals surface area contributed by atoms with E-state index in [0.717, 1.165) is 22.5 Å². The van der Waals surface area contributed by atoms with Gasteiger partial charge in [0.15, 0.2) is 6.61 Å². The fourth-order valence-corrected chi connectivity index (χ4v) is 3.60. The lowest BCUT2D eigenvalue weighted by molar-refractivity contribution is -0.119. The van der Waals surface area contributed by atoms with Crippen molar-refractivity contribution >= 4 is 23.7 Å². The number of nitrogens with one attached hydrogen (secondary N) is 3. The number of ether oxygens (including phenoxy) is 1. The molecule has 0 aliphatic rings. The summed E-state index contributed by atoms with van der Waals surface area (Å²) in [6, 6.07) is 17.8. The number of amides is 3. The Balaban J connectivity index is 1.62. The van der Waals surface area contributed by atoms with Crippen LogP contribution in [0.3, 0.4) is 0 Å². The van der Waals surface area contributed by atoms with E-state index in [1.54, 1.807) is 28.8 Å². The molecule has 186 valence electrons. The van der Waals surface area contributed by atoms with Crippen LogP contribution in [0.1, 0.15) is 46.6 Å². The lowest BCUT2D eigenvalue weighted by atomic mass is 10.1. The third-order valence-corrected chi connectivity index (χ3v) is 5.49. The molecule has 2 aromatic carbocycles. The number of para-hydroxylation sites is 1. The summed E-state index contributed by atoms with van der Waals surface area (Å²) in [5.74, 6) is -0.891. The van der Waals surface area contributed by atoms with E-state index in [9.17, 15) is 19.6 Å². The Labute approximate surface area is 210 Å². The molecule has 0 unspecified atom stereocenters. The van der Waals surface area contributed by atoms with E-state index < -0.39 is 18.5 Å². The van der Waals surface area contributed by atoms with Gasteiger partial charge in [-0.15, -0.1) is 0 Å². The van der Waals surface area contributed by atoms with E-state index in [0.29, 0.717) is 17.9 Å². The third-order valence-electron chi connectivity index (χ3n) is 5.49. The molecule has 9 heteroatoms. The Bertz CT molecular complexity index is 1290. The van der Waals surface area contributed by atoms with Crippen LogP contribution in [0.15, 0.2) is 54.6 Å². The summed E-state index contributed by atoms with van der Waals surface area (Å²) in [5.41, 5.74) is 3.80. The number of nitriles is 1. The van der Waals surface area contributed by atoms with Crippen molar-refractivity contribution in [3.63, 3.8) is 0 Å². The van der Waals surface area contributed by atoms with E-state index in [4.69, 9.17) is 4.74 Å². The molecule has 0 atom stereocenters. The average molecular weight is 488 g/mol. The second-order valence-electron chi connectivity index (χ2n) is 8.52. The first kappa shape index (κ1) is 26.0. The Morgan fingerprint density at radius 2 is 1.69 bits per heavy atom. The monoisotopic (exact) mass is 487 g/mol. The Morgan fingerprint density at radius 3 is 2.31 bits per heavy atom. The van der Waals surface area contributed by atoms with Gasteiger partial charge in [0.05, 0.1) is 11.1 Å². The molecule has 0 aliphatic heterocycles. The number of carbonyl (C=O) groups is 3. The van der Waals surface area contributed by atoms with E-state index in [2.05, 4.69) is 22.0 Å². The highest BCUT2D eigenvalue weighted by molar-refractivity contribution is 5.96. The maximum absolute atomic E-state index is 12.6. The van der Waals surface area contributed by atoms with Gasteiger partial charge in [-0.3, -0.25) is 9.36 Å². The van der Waals surface area contributed by atoms with Crippen molar-refractivity contribution in [3.8, 4) is 11.8 Å². The second kappa shape index (κ2) is 11.7. The van der Waals surface area contributed by atoms with Crippen LogP contribution in [0, 0.1) is 25.2 Å². The molecule has 3 N–H and O–H groups in total. The van der Waals surface area contributed by atoms with Gasteiger partial charge < -0.3 is 20.7 Å². The maximum atomic E-state index is 12.6. The average Bonchev–Trinajstić information content (AvgIpc) is 3.10. The van der Waals surface area contributed by atoms with Crippen LogP contribution in [0.5, 0.6) is 0 Å². The Morgan fingerprint density at radius 1 is 1.03 bits per heavy atom. The van der Waals surface area contributed by atoms with E-state index in [1.807, 2.05) is 58.0 Å². The smallest absolute Gasteiger partial charge is 0.338 e. The van der Waals surface area contributed by atoms with Crippen molar-refractivity contribution in [3.05, 3.63) is 82.5 Å². The molecule has 3 amide bonds. The molecule has 1 heterocycles. The molecule has 3 rings (SSSR count). The fraction of sp³-hybridized carbons (Fsp3) is 0.259. The number of aromatic nitrogens is 1. The van der Waals surface area contributed by atoms with Crippen LogP contribution < -0.4 is 16.0 Å². The van der Waals surface area contributed by atoms with Gasteiger partial charge in [0.25, 0.3) is 5.91 Å². The van der Waals surface area contributed by atoms with E-state index in [-0.39, 0.29) is 17.6 Å². The summed E-state index contributed by atoms with van der Waals surface area (Å²) in [4.78, 5) is 36.8. The second-order valence-corrected chi connectivity index (χ2v) is 8.52. The summed E-state index contributed by atoms with van der Waals surface area (Å²) >= 11 is 0. The zero-order valence-electron chi connectivity index (χ0n) is 20.7. The number of rotatable bonds is 8. The molecule has 0 saturated carbocycles. The number of nitrogens with zero attached hydrogens (tertiary/aromatic N) is 2. The van der Waals surface area contributed by atoms with Gasteiger partial charge in [0, 0.05) is 24.0 Å². The topological polar surface area (TPSA) is 125 Å². The van der Waals surface area contributed by atoms with Crippen molar-refractivity contribution in [2.45, 2.75) is 40.3 Å². The van der Waals surface area contributed by atoms with Crippen molar-refractivity contribution < 1.29 is 19.1 Å². The lowest BCUT2D eigenvalue weighted by Gasteiger charge is -2.13. The summed E-state index contributed by atoms with van der Waals surface area (Å²) < 4.78 is 6.97. The molecule has 3 aromatic rings. The van der Waals surface area contributed by atoms with Gasteiger partial charge in [-0.25, -0.2) is 9.59 Å². The highest BCUT2D eigenvalue weighted by Crippen LogP contribution is 2.29. The summed E-state index contributed by atoms with van der Waals surface area (Å²) in [7, 11) is 0. The van der Waals surface area contributed by atoms with E-state index in [1.165, 1.54) is 0 Å². The molecule has 0 spiro atoms. The van der Waals surface area contributed by atoms with Crippen LogP contribution in [0.2, 0.25) is 0 Å². The normalized spacial score (nSPS) is 10.4. The van der Waals surface area contributed by atoms with Gasteiger partial charge in [0.2, 0.25) is 0 Å². The molecule has 9 nitrogen and oxygen atoms in total. The first-order valence-electron chi connectivity index (χ1n) is 11.5. The highest BCUT2D eigenvalue weighted by Gasteiger charge is 2.21. The van der Waals surface area contributed by atoms with E-state index >= 15 is 0 Å². The predicted molar refractivity (Wildman–Crippen MR) is 136 cm³/mol. The zero-order valence-corrected chi connectivity index (χ0v) is 20.7. The number of esters is 1. The van der Waals surface area contributed by atoms with Crippen molar-refractivity contribution in [1.82, 2.24) is 15.2 Å². The number of hydrogen-bond donors (Lipinski definition) is 3. The fourth-order valence-electron chi connectivity index (χ4n) is 3.60. The van der Waals surface area contributed by atoms with Crippen LogP contribution in [0.4, 0.5) is 10.6 Å². The van der Waals surface area contributed by atoms with Gasteiger partial charge in [-0.1, -0.05) is 30.3 Å². The molecular weight excluding hydrogens is 458 g/mol. The Kier molecular flexibility index (Phi) is 8.47. The molecule has 0 radical (unpaired) electrons. The van der Waals surface area contributed by atoms with Crippen LogP contribution in [0.25, 0.3) is 5.69 Å². The lowest BCUT2D eigenvalue weighted by Crippen LogP contribution is -2.39.